The molecule has 0 unspecified atom stereocenters. The summed E-state index contributed by atoms with van der Waals surface area (Å²) in [6.45, 7) is 2.86. The first-order valence-corrected chi connectivity index (χ1v) is 31.0. The van der Waals surface area contributed by atoms with Crippen molar-refractivity contribution in [3.05, 3.63) is 149 Å². The number of carbonyl (C=O) groups is 11. The maximum absolute atomic E-state index is 15.2. The second-order valence-corrected chi connectivity index (χ2v) is 23.8. The Morgan fingerprint density at radius 1 is 0.677 bits per heavy atom. The molecule has 2 bridgehead atoms. The molecule has 3 aliphatic heterocycles. The van der Waals surface area contributed by atoms with Crippen LogP contribution in [0.25, 0.3) is 21.8 Å². The van der Waals surface area contributed by atoms with E-state index >= 15 is 9.59 Å². The van der Waals surface area contributed by atoms with Crippen LogP contribution in [0.4, 0.5) is 8.78 Å². The predicted octanol–water partition coefficient (Wildman–Crippen LogP) is 1.22. The number of hydrogen-bond acceptors (Lipinski definition) is 14. The number of benzene rings is 4. The van der Waals surface area contributed by atoms with Crippen molar-refractivity contribution >= 4 is 86.8 Å². The number of H-pyrrole nitrogens is 3. The molecule has 30 heteroatoms. The number of aromatic nitrogens is 4. The molecule has 6 heterocycles. The van der Waals surface area contributed by atoms with Gasteiger partial charge in [-0.25, -0.2) is 13.8 Å². The second kappa shape index (κ2) is 31.2. The SMILES string of the molecule is COc1ccc(C[C@@H]2NC(=O)[C@H](Cc3cnc[nH]3)NC(=O)[C@H](CC(=O)O)NC(=O)[C@H](Cc3c[nH]c4ccc(F)cc34)NC(=O)[C@H](Cc3c[nH]c4ccc(F)cc34)NC(=O)[C@@H](C)NC(=O)CCC(=O)NCCOc3ccc(cc3)C[C@@H](C(N)=O)NC(=O)[C@]3(C)CCCN3C2=O)cc1. The molecule has 506 valence electrons. The lowest BCUT2D eigenvalue weighted by Crippen LogP contribution is -2.63. The fourth-order valence-corrected chi connectivity index (χ4v) is 11.6. The number of primary amides is 1. The minimum absolute atomic E-state index is 0.00285. The summed E-state index contributed by atoms with van der Waals surface area (Å²) >= 11 is 0. The van der Waals surface area contributed by atoms with Crippen molar-refractivity contribution in [2.24, 2.45) is 5.73 Å². The summed E-state index contributed by atoms with van der Waals surface area (Å²) in [4.78, 5) is 170. The third-order valence-corrected chi connectivity index (χ3v) is 16.9. The zero-order valence-electron chi connectivity index (χ0n) is 52.6. The van der Waals surface area contributed by atoms with E-state index in [-0.39, 0.29) is 81.3 Å². The number of carbonyl (C=O) groups excluding carboxylic acids is 10. The Morgan fingerprint density at radius 3 is 1.81 bits per heavy atom. The van der Waals surface area contributed by atoms with Gasteiger partial charge in [0.05, 0.1) is 26.4 Å². The third-order valence-electron chi connectivity index (χ3n) is 16.9. The summed E-state index contributed by atoms with van der Waals surface area (Å²) in [5, 5.41) is 31.7. The number of imidazole rings is 1. The lowest BCUT2D eigenvalue weighted by Gasteiger charge is -2.37. The molecule has 10 amide bonds. The van der Waals surface area contributed by atoms with Crippen LogP contribution >= 0.6 is 0 Å². The number of amides is 10. The number of halogens is 2. The first kappa shape index (κ1) is 69.1. The van der Waals surface area contributed by atoms with E-state index in [0.717, 1.165) is 6.07 Å². The number of ether oxygens (including phenoxy) is 2. The predicted molar refractivity (Wildman–Crippen MR) is 341 cm³/mol. The summed E-state index contributed by atoms with van der Waals surface area (Å²) in [6, 6.07) is 9.42. The summed E-state index contributed by atoms with van der Waals surface area (Å²) < 4.78 is 40.8. The van der Waals surface area contributed by atoms with Gasteiger partial charge in [-0.2, -0.15) is 0 Å². The van der Waals surface area contributed by atoms with Crippen LogP contribution in [0.5, 0.6) is 11.5 Å². The van der Waals surface area contributed by atoms with E-state index in [1.165, 1.54) is 81.1 Å². The van der Waals surface area contributed by atoms with Crippen LogP contribution in [0.1, 0.15) is 73.9 Å². The molecular formula is C66H74F2N14O14. The molecule has 0 aliphatic carbocycles. The largest absolute Gasteiger partial charge is 0.497 e. The van der Waals surface area contributed by atoms with Gasteiger partial charge < -0.3 is 82.7 Å². The highest BCUT2D eigenvalue weighted by molar-refractivity contribution is 6.01. The number of hydrogen-bond donors (Lipinski definition) is 13. The van der Waals surface area contributed by atoms with Gasteiger partial charge in [0, 0.05) is 97.6 Å². The van der Waals surface area contributed by atoms with Crippen molar-refractivity contribution in [2.75, 3.05) is 26.8 Å². The van der Waals surface area contributed by atoms with E-state index in [0.29, 0.717) is 51.0 Å². The molecule has 10 rings (SSSR count). The lowest BCUT2D eigenvalue weighted by atomic mass is 9.94. The molecule has 3 aliphatic rings. The average molecular weight is 1330 g/mol. The van der Waals surface area contributed by atoms with Gasteiger partial charge in [-0.3, -0.25) is 52.7 Å². The normalized spacial score (nSPS) is 22.9. The Bertz CT molecular complexity index is 4030. The van der Waals surface area contributed by atoms with E-state index in [1.807, 2.05) is 0 Å². The fraction of sp³-hybridized carbons (Fsp3) is 0.364. The van der Waals surface area contributed by atoms with Crippen LogP contribution in [0.15, 0.2) is 110 Å². The molecule has 0 radical (unpaired) electrons. The molecule has 8 atom stereocenters. The van der Waals surface area contributed by atoms with E-state index < -0.39 is 137 Å². The Labute approximate surface area is 547 Å². The number of carboxylic acid groups (broad SMARTS) is 1. The van der Waals surface area contributed by atoms with Crippen molar-refractivity contribution < 1.29 is 76.1 Å². The van der Waals surface area contributed by atoms with Gasteiger partial charge in [-0.05, 0) is 110 Å². The number of rotatable bonds is 12. The summed E-state index contributed by atoms with van der Waals surface area (Å²) in [6.07, 6.45) is 2.69. The minimum atomic E-state index is -2.03. The summed E-state index contributed by atoms with van der Waals surface area (Å²) in [7, 11) is 1.46. The Hall–Kier alpha value is -11.2. The van der Waals surface area contributed by atoms with Gasteiger partial charge in [0.1, 0.15) is 77.6 Å². The molecule has 1 saturated heterocycles. The van der Waals surface area contributed by atoms with Crippen molar-refractivity contribution in [1.82, 2.24) is 67.4 Å². The Balaban J connectivity index is 1.06. The molecule has 0 spiro atoms. The van der Waals surface area contributed by atoms with Crippen molar-refractivity contribution in [3.63, 3.8) is 0 Å². The summed E-state index contributed by atoms with van der Waals surface area (Å²) in [5.74, 6) is -11.1. The molecule has 1 fully saturated rings. The van der Waals surface area contributed by atoms with Crippen LogP contribution in [0, 0.1) is 11.6 Å². The van der Waals surface area contributed by atoms with Crippen LogP contribution in [-0.2, 0) is 84.8 Å². The lowest BCUT2D eigenvalue weighted by molar-refractivity contribution is -0.147. The van der Waals surface area contributed by atoms with Crippen LogP contribution in [0.3, 0.4) is 0 Å². The molecule has 4 aromatic carbocycles. The quantitative estimate of drug-likeness (QED) is 0.0765. The van der Waals surface area contributed by atoms with Gasteiger partial charge in [0.25, 0.3) is 0 Å². The van der Waals surface area contributed by atoms with Crippen molar-refractivity contribution in [1.29, 1.82) is 0 Å². The Morgan fingerprint density at radius 2 is 1.24 bits per heavy atom. The zero-order valence-corrected chi connectivity index (χ0v) is 52.6. The second-order valence-electron chi connectivity index (χ2n) is 23.8. The highest BCUT2D eigenvalue weighted by Crippen LogP contribution is 2.32. The van der Waals surface area contributed by atoms with E-state index in [4.69, 9.17) is 15.2 Å². The topological polar surface area (TPSA) is 412 Å². The van der Waals surface area contributed by atoms with E-state index in [9.17, 15) is 57.0 Å². The maximum Gasteiger partial charge on any atom is 0.305 e. The number of methoxy groups -OCH3 is 1. The minimum Gasteiger partial charge on any atom is -0.497 e. The zero-order chi connectivity index (χ0) is 68.8. The van der Waals surface area contributed by atoms with E-state index in [2.05, 4.69) is 62.5 Å². The average Bonchev–Trinajstić information content (AvgIpc) is 1.59. The molecular weight excluding hydrogens is 1250 g/mol. The van der Waals surface area contributed by atoms with Gasteiger partial charge in [0.15, 0.2) is 0 Å². The fourth-order valence-electron chi connectivity index (χ4n) is 11.6. The van der Waals surface area contributed by atoms with Gasteiger partial charge >= 0.3 is 5.97 Å². The first-order valence-electron chi connectivity index (χ1n) is 31.0. The van der Waals surface area contributed by atoms with Gasteiger partial charge in [0.2, 0.25) is 59.1 Å². The smallest absolute Gasteiger partial charge is 0.305 e. The highest BCUT2D eigenvalue weighted by atomic mass is 19.1. The third kappa shape index (κ3) is 17.7. The van der Waals surface area contributed by atoms with Crippen LogP contribution in [-0.4, -0.2) is 170 Å². The molecule has 7 aromatic rings. The highest BCUT2D eigenvalue weighted by Gasteiger charge is 2.49. The standard InChI is InChI=1S/C66H74F2N14O14/c1-35-59(88)76-50(25-38-31-72-47-15-9-40(67)27-45(38)47)60(89)77-51(26-39-32-73-48-16-10-41(68)28-46(39)48)61(90)79-53(30-57(85)86)63(92)78-52(29-42-33-70-34-74-42)62(91)80-54(24-37-5-11-43(95-3)12-6-37)64(93)82-21-4-19-66(82,2)65(94)81-49(58(69)87)23-36-7-13-44(14-8-36)96-22-20-71-55(83)17-18-56(84)75-35/h5-16,27-28,31-35,49-54,72-73H,4,17-26,29-30H2,1-3H3,(H2,69,87)(H,70,74)(H,71,83)(H,75,84)(H,76,88)(H,77,89)(H,78,92)(H,79,90)(H,80,91)(H,81,94)(H,85,86)/t35-,49+,50+,51+,52+,53+,54+,66+/m1/s1. The molecule has 14 N–H and O–H groups in total. The molecule has 96 heavy (non-hydrogen) atoms. The van der Waals surface area contributed by atoms with Crippen molar-refractivity contribution in [2.45, 2.75) is 126 Å². The van der Waals surface area contributed by atoms with Crippen LogP contribution in [0.2, 0.25) is 0 Å². The Kier molecular flexibility index (Phi) is 22.4. The number of aliphatic carboxylic acids is 1. The monoisotopic (exact) mass is 1320 g/mol. The molecule has 28 nitrogen and oxygen atoms in total. The van der Waals surface area contributed by atoms with E-state index in [1.54, 1.807) is 48.5 Å². The van der Waals surface area contributed by atoms with Crippen molar-refractivity contribution in [3.8, 4) is 11.5 Å². The number of carboxylic acids is 1. The number of fused-ring (bicyclic) bond motifs is 32. The number of nitrogens with zero attached hydrogens (tertiary/aromatic N) is 2. The van der Waals surface area contributed by atoms with Gasteiger partial charge in [-0.15, -0.1) is 0 Å². The summed E-state index contributed by atoms with van der Waals surface area (Å²) in [5.41, 5.74) is 7.02. The first-order chi connectivity index (χ1) is 45.9. The number of aromatic amines is 3. The number of nitrogens with one attached hydrogen (secondary N) is 11. The molecule has 0 saturated carbocycles. The molecule has 3 aromatic heterocycles. The van der Waals surface area contributed by atoms with Crippen LogP contribution < -0.4 is 57.7 Å². The maximum atomic E-state index is 15.2. The number of nitrogens with two attached hydrogens (primary N) is 1. The van der Waals surface area contributed by atoms with Gasteiger partial charge in [-0.1, -0.05) is 24.3 Å².